The monoisotopic (exact) mass is 281 g/mol. The first-order valence-corrected chi connectivity index (χ1v) is 8.10. The molecule has 0 spiro atoms. The maximum Gasteiger partial charge on any atom is 0.0515 e. The van der Waals surface area contributed by atoms with E-state index in [0.29, 0.717) is 18.6 Å². The molecule has 3 aliphatic rings. The van der Waals surface area contributed by atoms with Gasteiger partial charge in [-0.05, 0) is 53.0 Å². The average Bonchev–Trinajstić information content (AvgIpc) is 2.80. The standard InChI is InChI=1S/C16H31N3O/c1-14(2)5-13(6-15(3,4)18-14)19-8-12-7-17-9-16(12,10-19)11-20/h12-13,17-18,20H,5-11H2,1-4H3. The van der Waals surface area contributed by atoms with Gasteiger partial charge in [-0.3, -0.25) is 4.90 Å². The number of nitrogens with zero attached hydrogens (tertiary/aromatic N) is 1. The lowest BCUT2D eigenvalue weighted by molar-refractivity contribution is 0.0639. The highest BCUT2D eigenvalue weighted by Gasteiger charge is 2.52. The number of piperidine rings is 1. The van der Waals surface area contributed by atoms with Crippen LogP contribution in [0.4, 0.5) is 0 Å². The van der Waals surface area contributed by atoms with E-state index in [9.17, 15) is 5.11 Å². The van der Waals surface area contributed by atoms with Crippen LogP contribution in [0.25, 0.3) is 0 Å². The molecule has 4 heteroatoms. The van der Waals surface area contributed by atoms with Crippen LogP contribution >= 0.6 is 0 Å². The van der Waals surface area contributed by atoms with Crippen LogP contribution in [0.5, 0.6) is 0 Å². The summed E-state index contributed by atoms with van der Waals surface area (Å²) in [5, 5.41) is 17.1. The van der Waals surface area contributed by atoms with Gasteiger partial charge in [0.1, 0.15) is 0 Å². The number of rotatable bonds is 2. The smallest absolute Gasteiger partial charge is 0.0515 e. The van der Waals surface area contributed by atoms with Crippen molar-refractivity contribution in [2.24, 2.45) is 11.3 Å². The average molecular weight is 281 g/mol. The lowest BCUT2D eigenvalue weighted by Gasteiger charge is -2.49. The van der Waals surface area contributed by atoms with Crippen LogP contribution in [0.2, 0.25) is 0 Å². The van der Waals surface area contributed by atoms with Crippen LogP contribution in [0, 0.1) is 11.3 Å². The van der Waals surface area contributed by atoms with Crippen LogP contribution in [0.1, 0.15) is 40.5 Å². The summed E-state index contributed by atoms with van der Waals surface area (Å²) in [7, 11) is 0. The SMILES string of the molecule is CC1(C)CC(N2CC3CNCC3(CO)C2)CC(C)(C)N1. The van der Waals surface area contributed by atoms with Crippen molar-refractivity contribution >= 4 is 0 Å². The molecule has 0 saturated carbocycles. The topological polar surface area (TPSA) is 47.5 Å². The van der Waals surface area contributed by atoms with Gasteiger partial charge in [-0.25, -0.2) is 0 Å². The van der Waals surface area contributed by atoms with Crippen molar-refractivity contribution in [1.82, 2.24) is 15.5 Å². The second-order valence-corrected chi connectivity index (χ2v) is 8.73. The summed E-state index contributed by atoms with van der Waals surface area (Å²) >= 11 is 0. The first-order chi connectivity index (χ1) is 9.25. The molecule has 0 aliphatic carbocycles. The van der Waals surface area contributed by atoms with Crippen LogP contribution in [0.3, 0.4) is 0 Å². The molecule has 3 saturated heterocycles. The fourth-order valence-corrected chi connectivity index (χ4v) is 5.09. The fraction of sp³-hybridized carbons (Fsp3) is 1.00. The quantitative estimate of drug-likeness (QED) is 0.701. The Labute approximate surface area is 123 Å². The largest absolute Gasteiger partial charge is 0.396 e. The molecule has 3 heterocycles. The maximum atomic E-state index is 9.87. The molecule has 20 heavy (non-hydrogen) atoms. The molecule has 3 fully saturated rings. The number of aliphatic hydroxyl groups is 1. The minimum Gasteiger partial charge on any atom is -0.396 e. The van der Waals surface area contributed by atoms with Crippen molar-refractivity contribution in [3.8, 4) is 0 Å². The number of aliphatic hydroxyl groups excluding tert-OH is 1. The van der Waals surface area contributed by atoms with Gasteiger partial charge in [0.15, 0.2) is 0 Å². The summed E-state index contributed by atoms with van der Waals surface area (Å²) in [5.41, 5.74) is 0.530. The predicted octanol–water partition coefficient (Wildman–Crippen LogP) is 0.809. The summed E-state index contributed by atoms with van der Waals surface area (Å²) in [5.74, 6) is 0.633. The maximum absolute atomic E-state index is 9.87. The highest BCUT2D eigenvalue weighted by Crippen LogP contribution is 2.42. The van der Waals surface area contributed by atoms with Crippen LogP contribution < -0.4 is 10.6 Å². The van der Waals surface area contributed by atoms with E-state index in [0.717, 1.165) is 26.2 Å². The van der Waals surface area contributed by atoms with E-state index in [1.54, 1.807) is 0 Å². The van der Waals surface area contributed by atoms with Crippen LogP contribution in [-0.2, 0) is 0 Å². The molecule has 3 aliphatic heterocycles. The molecule has 0 aromatic rings. The number of fused-ring (bicyclic) bond motifs is 1. The molecule has 2 unspecified atom stereocenters. The Balaban J connectivity index is 1.74. The Morgan fingerprint density at radius 1 is 1.15 bits per heavy atom. The lowest BCUT2D eigenvalue weighted by atomic mass is 9.79. The normalized spacial score (nSPS) is 41.0. The van der Waals surface area contributed by atoms with Crippen molar-refractivity contribution in [1.29, 1.82) is 0 Å². The third-order valence-electron chi connectivity index (χ3n) is 5.71. The number of hydrogen-bond donors (Lipinski definition) is 3. The zero-order valence-corrected chi connectivity index (χ0v) is 13.5. The summed E-state index contributed by atoms with van der Waals surface area (Å²) in [6.07, 6.45) is 2.41. The van der Waals surface area contributed by atoms with Crippen LogP contribution in [-0.4, -0.2) is 59.9 Å². The molecule has 3 rings (SSSR count). The summed E-state index contributed by atoms with van der Waals surface area (Å²) in [6.45, 7) is 13.9. The fourth-order valence-electron chi connectivity index (χ4n) is 5.09. The molecule has 0 aromatic carbocycles. The molecular formula is C16H31N3O. The molecule has 2 atom stereocenters. The van der Waals surface area contributed by atoms with Gasteiger partial charge in [-0.1, -0.05) is 0 Å². The second-order valence-electron chi connectivity index (χ2n) is 8.73. The summed E-state index contributed by atoms with van der Waals surface area (Å²) < 4.78 is 0. The molecule has 0 aromatic heterocycles. The molecule has 0 amide bonds. The van der Waals surface area contributed by atoms with Crippen molar-refractivity contribution in [3.05, 3.63) is 0 Å². The van der Waals surface area contributed by atoms with Crippen molar-refractivity contribution in [3.63, 3.8) is 0 Å². The first-order valence-electron chi connectivity index (χ1n) is 8.10. The van der Waals surface area contributed by atoms with Gasteiger partial charge in [-0.15, -0.1) is 0 Å². The van der Waals surface area contributed by atoms with E-state index in [1.165, 1.54) is 12.8 Å². The molecule has 0 bridgehead atoms. The van der Waals surface area contributed by atoms with E-state index in [-0.39, 0.29) is 16.5 Å². The van der Waals surface area contributed by atoms with Gasteiger partial charge in [0.05, 0.1) is 6.61 Å². The molecule has 3 N–H and O–H groups in total. The van der Waals surface area contributed by atoms with E-state index >= 15 is 0 Å². The molecular weight excluding hydrogens is 250 g/mol. The van der Waals surface area contributed by atoms with Crippen molar-refractivity contribution in [2.45, 2.75) is 57.7 Å². The van der Waals surface area contributed by atoms with E-state index in [4.69, 9.17) is 0 Å². The highest BCUT2D eigenvalue weighted by molar-refractivity contribution is 5.07. The summed E-state index contributed by atoms with van der Waals surface area (Å²) in [4.78, 5) is 2.67. The minimum absolute atomic E-state index is 0.124. The first kappa shape index (κ1) is 14.8. The number of likely N-dealkylation sites (tertiary alicyclic amines) is 1. The number of hydrogen-bond acceptors (Lipinski definition) is 4. The molecule has 0 radical (unpaired) electrons. The lowest BCUT2D eigenvalue weighted by Crippen LogP contribution is -2.62. The second kappa shape index (κ2) is 4.67. The van der Waals surface area contributed by atoms with Gasteiger partial charge in [0.2, 0.25) is 0 Å². The molecule has 4 nitrogen and oxygen atoms in total. The van der Waals surface area contributed by atoms with Crippen LogP contribution in [0.15, 0.2) is 0 Å². The Bertz CT molecular complexity index is 366. The minimum atomic E-state index is 0.124. The van der Waals surface area contributed by atoms with Gasteiger partial charge in [-0.2, -0.15) is 0 Å². The van der Waals surface area contributed by atoms with E-state index < -0.39 is 0 Å². The Morgan fingerprint density at radius 3 is 2.35 bits per heavy atom. The third kappa shape index (κ3) is 2.52. The van der Waals surface area contributed by atoms with E-state index in [2.05, 4.69) is 43.2 Å². The van der Waals surface area contributed by atoms with Gasteiger partial charge in [0.25, 0.3) is 0 Å². The van der Waals surface area contributed by atoms with Crippen molar-refractivity contribution in [2.75, 3.05) is 32.8 Å². The zero-order chi connectivity index (χ0) is 14.6. The zero-order valence-electron chi connectivity index (χ0n) is 13.5. The predicted molar refractivity (Wildman–Crippen MR) is 81.8 cm³/mol. The van der Waals surface area contributed by atoms with Crippen molar-refractivity contribution < 1.29 is 5.11 Å². The summed E-state index contributed by atoms with van der Waals surface area (Å²) in [6, 6.07) is 0.648. The highest BCUT2D eigenvalue weighted by atomic mass is 16.3. The molecule has 116 valence electrons. The van der Waals surface area contributed by atoms with Gasteiger partial charge in [0, 0.05) is 42.2 Å². The Hall–Kier alpha value is -0.160. The van der Waals surface area contributed by atoms with E-state index in [1.807, 2.05) is 0 Å². The van der Waals surface area contributed by atoms with Gasteiger partial charge < -0.3 is 15.7 Å². The third-order valence-corrected chi connectivity index (χ3v) is 5.71. The Kier molecular flexibility index (Phi) is 3.45. The number of nitrogens with one attached hydrogen (secondary N) is 2. The Morgan fingerprint density at radius 2 is 1.80 bits per heavy atom. The van der Waals surface area contributed by atoms with Gasteiger partial charge >= 0.3 is 0 Å².